The van der Waals surface area contributed by atoms with Gasteiger partial charge < -0.3 is 9.80 Å². The highest BCUT2D eigenvalue weighted by molar-refractivity contribution is 6.33. The van der Waals surface area contributed by atoms with Crippen LogP contribution in [0.25, 0.3) is 5.69 Å². The number of anilines is 2. The second kappa shape index (κ2) is 7.22. The van der Waals surface area contributed by atoms with Crippen LogP contribution in [0.15, 0.2) is 71.7 Å². The summed E-state index contributed by atoms with van der Waals surface area (Å²) in [6.07, 6.45) is 1.69. The molecule has 1 aliphatic rings. The predicted molar refractivity (Wildman–Crippen MR) is 106 cm³/mol. The van der Waals surface area contributed by atoms with Crippen LogP contribution in [0.1, 0.15) is 0 Å². The van der Waals surface area contributed by atoms with Crippen molar-refractivity contribution in [1.82, 2.24) is 9.78 Å². The zero-order chi connectivity index (χ0) is 17.9. The molecule has 0 N–H and O–H groups in total. The van der Waals surface area contributed by atoms with Gasteiger partial charge in [0, 0.05) is 31.9 Å². The third-order valence-electron chi connectivity index (χ3n) is 4.64. The highest BCUT2D eigenvalue weighted by Crippen LogP contribution is 2.24. The molecule has 1 aliphatic heterocycles. The Hall–Kier alpha value is -2.79. The summed E-state index contributed by atoms with van der Waals surface area (Å²) in [5.41, 5.74) is 2.34. The van der Waals surface area contributed by atoms with Crippen LogP contribution >= 0.6 is 11.6 Å². The van der Waals surface area contributed by atoms with E-state index in [1.165, 1.54) is 10.4 Å². The maximum absolute atomic E-state index is 12.6. The average Bonchev–Trinajstić information content (AvgIpc) is 2.71. The van der Waals surface area contributed by atoms with Crippen molar-refractivity contribution in [2.45, 2.75) is 0 Å². The molecule has 0 aliphatic carbocycles. The van der Waals surface area contributed by atoms with Crippen LogP contribution < -0.4 is 15.4 Å². The van der Waals surface area contributed by atoms with Crippen molar-refractivity contribution in [3.05, 3.63) is 82.2 Å². The van der Waals surface area contributed by atoms with Gasteiger partial charge in [-0.15, -0.1) is 0 Å². The highest BCUT2D eigenvalue weighted by Gasteiger charge is 2.21. The first-order valence-electron chi connectivity index (χ1n) is 8.62. The first-order valence-corrected chi connectivity index (χ1v) is 9.00. The van der Waals surface area contributed by atoms with Gasteiger partial charge in [-0.05, 0) is 24.3 Å². The van der Waals surface area contributed by atoms with E-state index < -0.39 is 0 Å². The molecule has 132 valence electrons. The largest absolute Gasteiger partial charge is 0.368 e. The summed E-state index contributed by atoms with van der Waals surface area (Å²) >= 11 is 6.41. The minimum absolute atomic E-state index is 0.219. The summed E-state index contributed by atoms with van der Waals surface area (Å²) in [7, 11) is 0. The summed E-state index contributed by atoms with van der Waals surface area (Å²) in [6.45, 7) is 3.35. The number of aromatic nitrogens is 2. The van der Waals surface area contributed by atoms with Gasteiger partial charge in [0.2, 0.25) is 0 Å². The average molecular weight is 367 g/mol. The second-order valence-electron chi connectivity index (χ2n) is 6.21. The summed E-state index contributed by atoms with van der Waals surface area (Å²) in [5.74, 6) is 0. The lowest BCUT2D eigenvalue weighted by molar-refractivity contribution is 0.649. The summed E-state index contributed by atoms with van der Waals surface area (Å²) in [6, 6.07) is 19.7. The van der Waals surface area contributed by atoms with E-state index >= 15 is 0 Å². The van der Waals surface area contributed by atoms with Crippen molar-refractivity contribution < 1.29 is 0 Å². The Morgan fingerprint density at radius 2 is 1.31 bits per heavy atom. The summed E-state index contributed by atoms with van der Waals surface area (Å²) in [5, 5.41) is 4.55. The summed E-state index contributed by atoms with van der Waals surface area (Å²) in [4.78, 5) is 17.1. The van der Waals surface area contributed by atoms with E-state index in [9.17, 15) is 4.79 Å². The van der Waals surface area contributed by atoms with Gasteiger partial charge in [-0.1, -0.05) is 48.0 Å². The second-order valence-corrected chi connectivity index (χ2v) is 6.58. The lowest BCUT2D eigenvalue weighted by atomic mass is 10.2. The first-order chi connectivity index (χ1) is 12.7. The highest BCUT2D eigenvalue weighted by atomic mass is 35.5. The number of rotatable bonds is 3. The van der Waals surface area contributed by atoms with E-state index in [-0.39, 0.29) is 10.6 Å². The fourth-order valence-electron chi connectivity index (χ4n) is 3.24. The third kappa shape index (κ3) is 3.18. The lowest BCUT2D eigenvalue weighted by Gasteiger charge is -2.37. The number of piperazine rings is 1. The Morgan fingerprint density at radius 3 is 1.92 bits per heavy atom. The number of hydrogen-bond donors (Lipinski definition) is 0. The maximum Gasteiger partial charge on any atom is 0.292 e. The van der Waals surface area contributed by atoms with Gasteiger partial charge in [0.25, 0.3) is 5.56 Å². The van der Waals surface area contributed by atoms with E-state index in [0.717, 1.165) is 26.2 Å². The third-order valence-corrected chi connectivity index (χ3v) is 5.00. The van der Waals surface area contributed by atoms with Gasteiger partial charge in [-0.25, -0.2) is 0 Å². The Balaban J connectivity index is 1.54. The molecule has 1 fully saturated rings. The van der Waals surface area contributed by atoms with E-state index in [1.807, 2.05) is 48.5 Å². The van der Waals surface area contributed by atoms with Crippen molar-refractivity contribution in [1.29, 1.82) is 0 Å². The smallest absolute Gasteiger partial charge is 0.292 e. The van der Waals surface area contributed by atoms with Crippen molar-refractivity contribution in [2.75, 3.05) is 36.0 Å². The van der Waals surface area contributed by atoms with Crippen LogP contribution in [0.3, 0.4) is 0 Å². The first kappa shape index (κ1) is 16.7. The fraction of sp³-hybridized carbons (Fsp3) is 0.200. The quantitative estimate of drug-likeness (QED) is 0.713. The number of hydrogen-bond acceptors (Lipinski definition) is 4. The van der Waals surface area contributed by atoms with Crippen LogP contribution in [0.2, 0.25) is 5.02 Å². The van der Waals surface area contributed by atoms with Crippen molar-refractivity contribution in [3.63, 3.8) is 0 Å². The molecule has 0 unspecified atom stereocenters. The van der Waals surface area contributed by atoms with Gasteiger partial charge in [-0.2, -0.15) is 9.78 Å². The van der Waals surface area contributed by atoms with Gasteiger partial charge in [0.1, 0.15) is 5.02 Å². The molecular weight excluding hydrogens is 348 g/mol. The van der Waals surface area contributed by atoms with E-state index in [0.29, 0.717) is 11.4 Å². The Kier molecular flexibility index (Phi) is 4.63. The molecule has 6 heteroatoms. The van der Waals surface area contributed by atoms with Gasteiger partial charge in [0.05, 0.1) is 17.6 Å². The summed E-state index contributed by atoms with van der Waals surface area (Å²) < 4.78 is 1.34. The SMILES string of the molecule is O=c1c(Cl)c(N2CCN(c3ccccc3)CC2)cnn1-c1ccccc1. The van der Waals surface area contributed by atoms with Crippen LogP contribution in [-0.2, 0) is 0 Å². The Morgan fingerprint density at radius 1 is 0.769 bits per heavy atom. The predicted octanol–water partition coefficient (Wildman–Crippen LogP) is 3.21. The molecule has 4 rings (SSSR count). The minimum Gasteiger partial charge on any atom is -0.368 e. The van der Waals surface area contributed by atoms with Crippen molar-refractivity contribution in [2.24, 2.45) is 0 Å². The number of para-hydroxylation sites is 2. The molecule has 0 bridgehead atoms. The normalized spacial score (nSPS) is 14.5. The molecule has 1 aromatic heterocycles. The molecular formula is C20H19ClN4O. The monoisotopic (exact) mass is 366 g/mol. The zero-order valence-corrected chi connectivity index (χ0v) is 15.0. The molecule has 0 radical (unpaired) electrons. The number of benzene rings is 2. The lowest BCUT2D eigenvalue weighted by Crippen LogP contribution is -2.47. The molecule has 2 heterocycles. The van der Waals surface area contributed by atoms with Crippen LogP contribution in [-0.4, -0.2) is 36.0 Å². The standard InChI is InChI=1S/C20H19ClN4O/c21-19-18(15-22-25(20(19)26)17-9-5-2-6-10-17)24-13-11-23(12-14-24)16-7-3-1-4-8-16/h1-10,15H,11-14H2. The Bertz CT molecular complexity index is 935. The molecule has 0 saturated carbocycles. The Labute approximate surface area is 157 Å². The van der Waals surface area contributed by atoms with E-state index in [2.05, 4.69) is 27.0 Å². The van der Waals surface area contributed by atoms with Crippen LogP contribution in [0.5, 0.6) is 0 Å². The molecule has 5 nitrogen and oxygen atoms in total. The molecule has 3 aromatic rings. The topological polar surface area (TPSA) is 41.4 Å². The van der Waals surface area contributed by atoms with Gasteiger partial charge >= 0.3 is 0 Å². The van der Waals surface area contributed by atoms with E-state index in [1.54, 1.807) is 6.20 Å². The van der Waals surface area contributed by atoms with E-state index in [4.69, 9.17) is 11.6 Å². The molecule has 2 aromatic carbocycles. The van der Waals surface area contributed by atoms with Crippen LogP contribution in [0.4, 0.5) is 11.4 Å². The molecule has 1 saturated heterocycles. The number of nitrogens with zero attached hydrogens (tertiary/aromatic N) is 4. The molecule has 0 atom stereocenters. The molecule has 0 amide bonds. The zero-order valence-electron chi connectivity index (χ0n) is 14.3. The van der Waals surface area contributed by atoms with Gasteiger partial charge in [0.15, 0.2) is 0 Å². The molecule has 26 heavy (non-hydrogen) atoms. The van der Waals surface area contributed by atoms with Gasteiger partial charge in [-0.3, -0.25) is 4.79 Å². The van der Waals surface area contributed by atoms with Crippen molar-refractivity contribution in [3.8, 4) is 5.69 Å². The molecule has 0 spiro atoms. The maximum atomic E-state index is 12.6. The van der Waals surface area contributed by atoms with Crippen LogP contribution in [0, 0.1) is 0 Å². The number of halogens is 1. The van der Waals surface area contributed by atoms with Crippen molar-refractivity contribution >= 4 is 23.0 Å². The minimum atomic E-state index is -0.291. The fourth-order valence-corrected chi connectivity index (χ4v) is 3.49.